The number of nitrogens with zero attached hydrogens (tertiary/aromatic N) is 2. The van der Waals surface area contributed by atoms with Crippen LogP contribution < -0.4 is 16.0 Å². The van der Waals surface area contributed by atoms with Gasteiger partial charge in [-0.2, -0.15) is 0 Å². The van der Waals surface area contributed by atoms with Gasteiger partial charge in [0, 0.05) is 29.1 Å². The molecule has 10 heteroatoms. The first kappa shape index (κ1) is 17.3. The average molecular weight is 384 g/mol. The van der Waals surface area contributed by atoms with E-state index in [0.717, 1.165) is 10.6 Å². The fourth-order valence-corrected chi connectivity index (χ4v) is 5.28. The van der Waals surface area contributed by atoms with Gasteiger partial charge >= 0.3 is 0 Å². The van der Waals surface area contributed by atoms with Gasteiger partial charge < -0.3 is 10.6 Å². The molecule has 1 fully saturated rings. The summed E-state index contributed by atoms with van der Waals surface area (Å²) in [4.78, 5) is 32.3. The molecule has 0 unspecified atom stereocenters. The Morgan fingerprint density at radius 1 is 1.33 bits per heavy atom. The van der Waals surface area contributed by atoms with Crippen molar-refractivity contribution < 1.29 is 9.59 Å². The molecule has 0 bridgehead atoms. The van der Waals surface area contributed by atoms with Crippen LogP contribution >= 0.6 is 34.4 Å². The molecular formula is C14H17N5O2S3. The highest BCUT2D eigenvalue weighted by Crippen LogP contribution is 2.40. The maximum absolute atomic E-state index is 12.5. The van der Waals surface area contributed by atoms with Gasteiger partial charge in [0.05, 0.1) is 11.0 Å². The summed E-state index contributed by atoms with van der Waals surface area (Å²) in [5.74, 6) is 0.329. The number of carbonyl (C=O) groups excluding carboxylic acids is 2. The predicted octanol–water partition coefficient (Wildman–Crippen LogP) is 2.21. The Labute approximate surface area is 151 Å². The molecule has 2 atom stereocenters. The number of anilines is 1. The Morgan fingerprint density at radius 3 is 2.79 bits per heavy atom. The Morgan fingerprint density at radius 2 is 2.12 bits per heavy atom. The maximum atomic E-state index is 12.5. The van der Waals surface area contributed by atoms with Crippen molar-refractivity contribution in [2.75, 3.05) is 11.1 Å². The second kappa shape index (κ2) is 6.43. The summed E-state index contributed by atoms with van der Waals surface area (Å²) in [7, 11) is 0. The summed E-state index contributed by atoms with van der Waals surface area (Å²) in [6.45, 7) is 5.44. The van der Waals surface area contributed by atoms with Crippen LogP contribution in [0.4, 0.5) is 5.13 Å². The molecule has 7 nitrogen and oxygen atoms in total. The van der Waals surface area contributed by atoms with E-state index in [1.54, 1.807) is 34.0 Å². The molecule has 2 amide bonds. The van der Waals surface area contributed by atoms with Gasteiger partial charge in [-0.15, -0.1) is 34.4 Å². The van der Waals surface area contributed by atoms with Crippen molar-refractivity contribution in [3.05, 3.63) is 27.7 Å². The maximum Gasteiger partial charge on any atom is 0.272 e. The Balaban J connectivity index is 1.68. The summed E-state index contributed by atoms with van der Waals surface area (Å²) in [6.07, 6.45) is 1.85. The monoisotopic (exact) mass is 383 g/mol. The van der Waals surface area contributed by atoms with Crippen LogP contribution in [0.5, 0.6) is 0 Å². The summed E-state index contributed by atoms with van der Waals surface area (Å²) in [5, 5.41) is 11.1. The fourth-order valence-electron chi connectivity index (χ4n) is 2.44. The number of carbonyl (C=O) groups is 2. The summed E-state index contributed by atoms with van der Waals surface area (Å²) in [6, 6.07) is 0. The zero-order valence-electron chi connectivity index (χ0n) is 13.4. The highest BCUT2D eigenvalue weighted by Gasteiger charge is 2.45. The van der Waals surface area contributed by atoms with Crippen LogP contribution in [-0.4, -0.2) is 32.5 Å². The van der Waals surface area contributed by atoms with Crippen LogP contribution in [0.1, 0.15) is 36.1 Å². The van der Waals surface area contributed by atoms with Crippen LogP contribution in [0.15, 0.2) is 17.1 Å². The van der Waals surface area contributed by atoms with Crippen LogP contribution in [0.2, 0.25) is 0 Å². The van der Waals surface area contributed by atoms with E-state index in [-0.39, 0.29) is 17.4 Å². The number of aromatic nitrogens is 2. The van der Waals surface area contributed by atoms with Crippen LogP contribution in [0, 0.1) is 0 Å². The standard InChI is InChI=1S/C14H17N5O2S3/c1-8(20)16-12-17-9(5-22-12)11(21)18-14(3)19-13(2,6-24-14)10-4-15-7-23-10/h4-5,7,19H,6H2,1-3H3,(H,18,21)(H,16,17,20)/t13-,14-/m0/s1. The van der Waals surface area contributed by atoms with Gasteiger partial charge in [0.15, 0.2) is 5.13 Å². The molecule has 24 heavy (non-hydrogen) atoms. The number of hydrogen-bond donors (Lipinski definition) is 3. The van der Waals surface area contributed by atoms with Crippen LogP contribution in [-0.2, 0) is 10.3 Å². The van der Waals surface area contributed by atoms with E-state index in [0.29, 0.717) is 10.8 Å². The van der Waals surface area contributed by atoms with Gasteiger partial charge in [-0.1, -0.05) is 0 Å². The van der Waals surface area contributed by atoms with E-state index in [1.807, 2.05) is 13.1 Å². The molecule has 0 radical (unpaired) electrons. The van der Waals surface area contributed by atoms with Crippen molar-refractivity contribution in [1.29, 1.82) is 0 Å². The second-order valence-corrected chi connectivity index (χ2v) is 8.96. The molecule has 128 valence electrons. The zero-order chi connectivity index (χ0) is 17.4. The minimum atomic E-state index is -0.604. The number of nitrogens with one attached hydrogen (secondary N) is 3. The van der Waals surface area contributed by atoms with Crippen molar-refractivity contribution in [3.8, 4) is 0 Å². The average Bonchev–Trinajstić information content (AvgIpc) is 3.19. The molecule has 3 heterocycles. The number of hydrogen-bond acceptors (Lipinski definition) is 8. The normalized spacial score (nSPS) is 26.3. The minimum absolute atomic E-state index is 0.211. The molecule has 1 saturated heterocycles. The summed E-state index contributed by atoms with van der Waals surface area (Å²) in [5.41, 5.74) is 1.86. The fraction of sp³-hybridized carbons (Fsp3) is 0.429. The van der Waals surface area contributed by atoms with Crippen LogP contribution in [0.3, 0.4) is 0 Å². The third-order valence-corrected chi connectivity index (χ3v) is 6.81. The first-order valence-corrected chi connectivity index (χ1v) is 9.92. The van der Waals surface area contributed by atoms with E-state index >= 15 is 0 Å². The molecule has 1 aliphatic rings. The minimum Gasteiger partial charge on any atom is -0.324 e. The quantitative estimate of drug-likeness (QED) is 0.749. The predicted molar refractivity (Wildman–Crippen MR) is 97.3 cm³/mol. The zero-order valence-corrected chi connectivity index (χ0v) is 15.8. The van der Waals surface area contributed by atoms with E-state index in [9.17, 15) is 9.59 Å². The number of thiazole rings is 2. The first-order chi connectivity index (χ1) is 11.3. The molecule has 3 N–H and O–H groups in total. The molecule has 3 rings (SSSR count). The lowest BCUT2D eigenvalue weighted by Gasteiger charge is -2.29. The van der Waals surface area contributed by atoms with Gasteiger partial charge in [0.2, 0.25) is 5.91 Å². The summed E-state index contributed by atoms with van der Waals surface area (Å²) < 4.78 is 0. The molecule has 0 aromatic carbocycles. The topological polar surface area (TPSA) is 96.0 Å². The number of thioether (sulfide) groups is 1. The first-order valence-electron chi connectivity index (χ1n) is 7.18. The molecule has 0 spiro atoms. The van der Waals surface area contributed by atoms with E-state index in [1.165, 1.54) is 18.3 Å². The Bertz CT molecular complexity index is 762. The third-order valence-electron chi connectivity index (χ3n) is 3.51. The van der Waals surface area contributed by atoms with Gasteiger partial charge in [-0.25, -0.2) is 4.98 Å². The Kier molecular flexibility index (Phi) is 4.65. The lowest BCUT2D eigenvalue weighted by Crippen LogP contribution is -2.55. The van der Waals surface area contributed by atoms with Crippen molar-refractivity contribution in [2.45, 2.75) is 31.3 Å². The SMILES string of the molecule is CC(=O)Nc1nc(C(=O)N[C@@]2(C)N[C@](C)(c3cncs3)CS2)cs1. The van der Waals surface area contributed by atoms with E-state index in [2.05, 4.69) is 32.8 Å². The molecule has 0 saturated carbocycles. The number of amides is 2. The smallest absolute Gasteiger partial charge is 0.272 e. The highest BCUT2D eigenvalue weighted by atomic mass is 32.2. The van der Waals surface area contributed by atoms with Crippen molar-refractivity contribution in [2.24, 2.45) is 0 Å². The van der Waals surface area contributed by atoms with E-state index in [4.69, 9.17) is 0 Å². The second-order valence-electron chi connectivity index (χ2n) is 5.82. The van der Waals surface area contributed by atoms with Gasteiger partial charge in [0.25, 0.3) is 5.91 Å². The molecule has 2 aromatic rings. The largest absolute Gasteiger partial charge is 0.324 e. The van der Waals surface area contributed by atoms with Crippen molar-refractivity contribution in [3.63, 3.8) is 0 Å². The molecular weight excluding hydrogens is 366 g/mol. The molecule has 2 aromatic heterocycles. The third kappa shape index (κ3) is 3.61. The van der Waals surface area contributed by atoms with Gasteiger partial charge in [-0.3, -0.25) is 19.9 Å². The van der Waals surface area contributed by atoms with E-state index < -0.39 is 4.99 Å². The Hall–Kier alpha value is -1.49. The van der Waals surface area contributed by atoms with Gasteiger partial charge in [-0.05, 0) is 13.8 Å². The highest BCUT2D eigenvalue weighted by molar-refractivity contribution is 8.00. The lowest BCUT2D eigenvalue weighted by molar-refractivity contribution is -0.114. The lowest BCUT2D eigenvalue weighted by atomic mass is 10.0. The van der Waals surface area contributed by atoms with Crippen molar-refractivity contribution in [1.82, 2.24) is 20.6 Å². The van der Waals surface area contributed by atoms with Crippen molar-refractivity contribution >= 4 is 51.4 Å². The van der Waals surface area contributed by atoms with Gasteiger partial charge in [0.1, 0.15) is 10.7 Å². The summed E-state index contributed by atoms with van der Waals surface area (Å²) >= 11 is 4.45. The molecule has 0 aliphatic carbocycles. The van der Waals surface area contributed by atoms with Crippen LogP contribution in [0.25, 0.3) is 0 Å². The molecule has 1 aliphatic heterocycles. The number of rotatable bonds is 4.